The number of H-pyrrole nitrogens is 1. The molecule has 0 saturated carbocycles. The summed E-state index contributed by atoms with van der Waals surface area (Å²) in [5, 5.41) is 17.9. The van der Waals surface area contributed by atoms with Gasteiger partial charge in [-0.1, -0.05) is 12.1 Å². The monoisotopic (exact) mass is 243 g/mol. The zero-order valence-corrected chi connectivity index (χ0v) is 9.23. The van der Waals surface area contributed by atoms with Crippen molar-refractivity contribution in [3.63, 3.8) is 0 Å². The second-order valence-electron chi connectivity index (χ2n) is 4.07. The van der Waals surface area contributed by atoms with Crippen LogP contribution in [0.5, 0.6) is 0 Å². The fourth-order valence-corrected chi connectivity index (χ4v) is 1.95. The predicted octanol–water partition coefficient (Wildman–Crippen LogP) is 1.27. The predicted molar refractivity (Wildman–Crippen MR) is 63.3 cm³/mol. The van der Waals surface area contributed by atoms with Crippen molar-refractivity contribution in [2.45, 2.75) is 6.42 Å². The molecule has 1 aliphatic heterocycles. The van der Waals surface area contributed by atoms with Crippen LogP contribution in [-0.2, 0) is 11.2 Å². The van der Waals surface area contributed by atoms with Crippen LogP contribution >= 0.6 is 0 Å². The van der Waals surface area contributed by atoms with Gasteiger partial charge in [0.15, 0.2) is 0 Å². The van der Waals surface area contributed by atoms with Gasteiger partial charge in [-0.2, -0.15) is 5.10 Å². The number of hydrogen-bond acceptors (Lipinski definition) is 3. The van der Waals surface area contributed by atoms with Crippen LogP contribution in [0.2, 0.25) is 0 Å². The molecule has 0 spiro atoms. The number of carbonyl (C=O) groups excluding carboxylic acids is 1. The molecule has 0 radical (unpaired) electrons. The molecule has 0 unspecified atom stereocenters. The van der Waals surface area contributed by atoms with Gasteiger partial charge in [0.1, 0.15) is 5.69 Å². The van der Waals surface area contributed by atoms with Crippen LogP contribution < -0.4 is 5.32 Å². The number of carboxylic acid groups (broad SMARTS) is 1. The van der Waals surface area contributed by atoms with Crippen LogP contribution in [0.4, 0.5) is 5.69 Å². The van der Waals surface area contributed by atoms with E-state index >= 15 is 0 Å². The van der Waals surface area contributed by atoms with Crippen molar-refractivity contribution in [3.8, 4) is 11.3 Å². The van der Waals surface area contributed by atoms with Crippen molar-refractivity contribution in [1.29, 1.82) is 0 Å². The molecule has 90 valence electrons. The molecule has 6 nitrogen and oxygen atoms in total. The minimum Gasteiger partial charge on any atom is -0.477 e. The molecule has 0 saturated heterocycles. The first kappa shape index (κ1) is 10.5. The maximum Gasteiger partial charge on any atom is 0.353 e. The third-order valence-electron chi connectivity index (χ3n) is 2.84. The van der Waals surface area contributed by atoms with Crippen LogP contribution in [0.15, 0.2) is 24.3 Å². The van der Waals surface area contributed by atoms with E-state index in [0.29, 0.717) is 12.1 Å². The van der Waals surface area contributed by atoms with E-state index in [2.05, 4.69) is 15.5 Å². The topological polar surface area (TPSA) is 95.1 Å². The summed E-state index contributed by atoms with van der Waals surface area (Å²) in [6.07, 6.45) is 0.385. The van der Waals surface area contributed by atoms with Gasteiger partial charge >= 0.3 is 5.97 Å². The molecule has 0 atom stereocenters. The molecule has 1 aromatic heterocycles. The Morgan fingerprint density at radius 2 is 2.17 bits per heavy atom. The summed E-state index contributed by atoms with van der Waals surface area (Å²) < 4.78 is 0. The number of fused-ring (bicyclic) bond motifs is 1. The lowest BCUT2D eigenvalue weighted by molar-refractivity contribution is -0.115. The maximum atomic E-state index is 11.2. The molecular formula is C12H9N3O3. The van der Waals surface area contributed by atoms with E-state index in [1.807, 2.05) is 12.1 Å². The Morgan fingerprint density at radius 3 is 2.89 bits per heavy atom. The van der Waals surface area contributed by atoms with Gasteiger partial charge in [0, 0.05) is 11.3 Å². The SMILES string of the molecule is O=C1Cc2ccc(-c3cc(C(=O)O)[nH]n3)cc2N1. The standard InChI is InChI=1S/C12H9N3O3/c16-11-4-7-2-1-6(3-8(7)13-11)9-5-10(12(17)18)15-14-9/h1-3,5H,4H2,(H,13,16)(H,14,15)(H,17,18). The van der Waals surface area contributed by atoms with Gasteiger partial charge in [0.05, 0.1) is 12.1 Å². The smallest absolute Gasteiger partial charge is 0.353 e. The van der Waals surface area contributed by atoms with E-state index < -0.39 is 5.97 Å². The Balaban J connectivity index is 2.00. The van der Waals surface area contributed by atoms with Crippen LogP contribution in [0.3, 0.4) is 0 Å². The number of carbonyl (C=O) groups is 2. The number of amides is 1. The molecule has 0 bridgehead atoms. The molecule has 2 aromatic rings. The number of rotatable bonds is 2. The van der Waals surface area contributed by atoms with Gasteiger partial charge < -0.3 is 10.4 Å². The summed E-state index contributed by atoms with van der Waals surface area (Å²) in [5.41, 5.74) is 3.04. The van der Waals surface area contributed by atoms with Crippen molar-refractivity contribution in [3.05, 3.63) is 35.5 Å². The lowest BCUT2D eigenvalue weighted by atomic mass is 10.1. The van der Waals surface area contributed by atoms with E-state index in [1.165, 1.54) is 6.07 Å². The summed E-state index contributed by atoms with van der Waals surface area (Å²) >= 11 is 0. The Labute approximate surface area is 102 Å². The van der Waals surface area contributed by atoms with Gasteiger partial charge in [-0.15, -0.1) is 0 Å². The van der Waals surface area contributed by atoms with Crippen LogP contribution in [-0.4, -0.2) is 27.2 Å². The molecule has 3 rings (SSSR count). The highest BCUT2D eigenvalue weighted by Crippen LogP contribution is 2.28. The Hall–Kier alpha value is -2.63. The normalized spacial score (nSPS) is 13.2. The number of benzene rings is 1. The van der Waals surface area contributed by atoms with Gasteiger partial charge in [-0.25, -0.2) is 4.79 Å². The zero-order valence-electron chi connectivity index (χ0n) is 9.23. The highest BCUT2D eigenvalue weighted by atomic mass is 16.4. The lowest BCUT2D eigenvalue weighted by Gasteiger charge is -2.01. The minimum absolute atomic E-state index is 0.0320. The van der Waals surface area contributed by atoms with E-state index in [-0.39, 0.29) is 11.6 Å². The number of nitrogens with zero attached hydrogens (tertiary/aromatic N) is 1. The van der Waals surface area contributed by atoms with E-state index in [9.17, 15) is 9.59 Å². The summed E-state index contributed by atoms with van der Waals surface area (Å²) in [5.74, 6) is -1.08. The van der Waals surface area contributed by atoms with Crippen molar-refractivity contribution in [2.24, 2.45) is 0 Å². The van der Waals surface area contributed by atoms with Crippen molar-refractivity contribution in [1.82, 2.24) is 10.2 Å². The first-order valence-electron chi connectivity index (χ1n) is 5.35. The molecule has 1 amide bonds. The first-order chi connectivity index (χ1) is 8.63. The molecule has 18 heavy (non-hydrogen) atoms. The number of carboxylic acids is 1. The highest BCUT2D eigenvalue weighted by molar-refractivity contribution is 6.00. The number of anilines is 1. The Kier molecular flexibility index (Phi) is 2.16. The second kappa shape index (κ2) is 3.69. The fraction of sp³-hybridized carbons (Fsp3) is 0.0833. The Bertz CT molecular complexity index is 660. The van der Waals surface area contributed by atoms with Crippen LogP contribution in [0, 0.1) is 0 Å². The number of aromatic nitrogens is 2. The summed E-state index contributed by atoms with van der Waals surface area (Å²) in [6.45, 7) is 0. The number of aromatic carboxylic acids is 1. The third kappa shape index (κ3) is 1.64. The minimum atomic E-state index is -1.05. The summed E-state index contributed by atoms with van der Waals surface area (Å²) in [7, 11) is 0. The average Bonchev–Trinajstić information content (AvgIpc) is 2.91. The molecule has 3 N–H and O–H groups in total. The highest BCUT2D eigenvalue weighted by Gasteiger charge is 2.18. The van der Waals surface area contributed by atoms with E-state index in [1.54, 1.807) is 6.07 Å². The van der Waals surface area contributed by atoms with Crippen LogP contribution in [0.1, 0.15) is 16.1 Å². The van der Waals surface area contributed by atoms with Gasteiger partial charge in [-0.3, -0.25) is 9.89 Å². The molecule has 0 fully saturated rings. The van der Waals surface area contributed by atoms with Crippen LogP contribution in [0.25, 0.3) is 11.3 Å². The molecule has 6 heteroatoms. The third-order valence-corrected chi connectivity index (χ3v) is 2.84. The van der Waals surface area contributed by atoms with Crippen molar-refractivity contribution >= 4 is 17.6 Å². The lowest BCUT2D eigenvalue weighted by Crippen LogP contribution is -2.03. The number of hydrogen-bond donors (Lipinski definition) is 3. The van der Waals surface area contributed by atoms with Gasteiger partial charge in [0.25, 0.3) is 0 Å². The molecule has 2 heterocycles. The first-order valence-corrected chi connectivity index (χ1v) is 5.35. The molecule has 1 aromatic carbocycles. The molecule has 1 aliphatic rings. The average molecular weight is 243 g/mol. The van der Waals surface area contributed by atoms with Gasteiger partial charge in [-0.05, 0) is 17.7 Å². The summed E-state index contributed by atoms with van der Waals surface area (Å²) in [6, 6.07) is 6.92. The maximum absolute atomic E-state index is 11.2. The van der Waals surface area contributed by atoms with Crippen molar-refractivity contribution in [2.75, 3.05) is 5.32 Å². The van der Waals surface area contributed by atoms with Crippen molar-refractivity contribution < 1.29 is 14.7 Å². The fourth-order valence-electron chi connectivity index (χ4n) is 1.95. The quantitative estimate of drug-likeness (QED) is 0.740. The molecular weight excluding hydrogens is 234 g/mol. The van der Waals surface area contributed by atoms with E-state index in [0.717, 1.165) is 16.8 Å². The van der Waals surface area contributed by atoms with Gasteiger partial charge in [0.2, 0.25) is 5.91 Å². The second-order valence-corrected chi connectivity index (χ2v) is 4.07. The zero-order chi connectivity index (χ0) is 12.7. The number of aromatic amines is 1. The van der Waals surface area contributed by atoms with E-state index in [4.69, 9.17) is 5.11 Å². The largest absolute Gasteiger partial charge is 0.477 e. The molecule has 0 aliphatic carbocycles. The number of nitrogens with one attached hydrogen (secondary N) is 2. The Morgan fingerprint density at radius 1 is 1.33 bits per heavy atom. The summed E-state index contributed by atoms with van der Waals surface area (Å²) in [4.78, 5) is 22.0.